The van der Waals surface area contributed by atoms with Gasteiger partial charge in [-0.25, -0.2) is 0 Å². The summed E-state index contributed by atoms with van der Waals surface area (Å²) in [7, 11) is -1.04. The van der Waals surface area contributed by atoms with Crippen molar-refractivity contribution in [1.82, 2.24) is 4.98 Å². The number of nitrogens with zero attached hydrogens (tertiary/aromatic N) is 1. The van der Waals surface area contributed by atoms with Crippen LogP contribution >= 0.6 is 0 Å². The molecule has 5 heteroatoms. The summed E-state index contributed by atoms with van der Waals surface area (Å²) in [5, 5.41) is 8.40. The standard InChI is InChI=1S/C10H13NO3S/c12-10(13)4-8-15(14)7-3-9-1-5-11-6-2-9/h1-2,5-6H,3-4,7-8H2,(H,12,13). The van der Waals surface area contributed by atoms with Crippen LogP contribution in [0.2, 0.25) is 0 Å². The van der Waals surface area contributed by atoms with Crippen LogP contribution in [0.25, 0.3) is 0 Å². The number of pyridine rings is 1. The Morgan fingerprint density at radius 1 is 1.33 bits per heavy atom. The van der Waals surface area contributed by atoms with Crippen LogP contribution in [0.4, 0.5) is 0 Å². The summed E-state index contributed by atoms with van der Waals surface area (Å²) in [5.41, 5.74) is 1.08. The highest BCUT2D eigenvalue weighted by molar-refractivity contribution is 7.84. The number of carboxylic acids is 1. The van der Waals surface area contributed by atoms with E-state index in [0.29, 0.717) is 12.2 Å². The van der Waals surface area contributed by atoms with Crippen molar-refractivity contribution < 1.29 is 14.1 Å². The number of carboxylic acid groups (broad SMARTS) is 1. The molecule has 0 spiro atoms. The van der Waals surface area contributed by atoms with Crippen LogP contribution in [0, 0.1) is 0 Å². The molecule has 0 saturated carbocycles. The maximum absolute atomic E-state index is 11.4. The molecule has 1 heterocycles. The Morgan fingerprint density at radius 3 is 2.60 bits per heavy atom. The number of aromatic nitrogens is 1. The Balaban J connectivity index is 2.26. The third-order valence-electron chi connectivity index (χ3n) is 1.91. The first-order chi connectivity index (χ1) is 7.18. The second-order valence-electron chi connectivity index (χ2n) is 3.10. The number of rotatable bonds is 6. The van der Waals surface area contributed by atoms with E-state index in [9.17, 15) is 9.00 Å². The molecule has 1 unspecified atom stereocenters. The molecule has 0 fully saturated rings. The fourth-order valence-electron chi connectivity index (χ4n) is 1.08. The van der Waals surface area contributed by atoms with E-state index in [0.717, 1.165) is 5.56 Å². The van der Waals surface area contributed by atoms with Gasteiger partial charge in [-0.2, -0.15) is 0 Å². The van der Waals surface area contributed by atoms with Gasteiger partial charge in [-0.3, -0.25) is 14.0 Å². The molecule has 0 aromatic carbocycles. The van der Waals surface area contributed by atoms with Crippen molar-refractivity contribution in [3.63, 3.8) is 0 Å². The molecule has 15 heavy (non-hydrogen) atoms. The lowest BCUT2D eigenvalue weighted by atomic mass is 10.2. The van der Waals surface area contributed by atoms with Crippen LogP contribution in [0.3, 0.4) is 0 Å². The second kappa shape index (κ2) is 6.29. The third kappa shape index (κ3) is 5.27. The van der Waals surface area contributed by atoms with Crippen molar-refractivity contribution in [3.8, 4) is 0 Å². The molecule has 0 aliphatic heterocycles. The lowest BCUT2D eigenvalue weighted by Crippen LogP contribution is -2.09. The predicted molar refractivity (Wildman–Crippen MR) is 58.1 cm³/mol. The molecular weight excluding hydrogens is 214 g/mol. The van der Waals surface area contributed by atoms with Crippen molar-refractivity contribution in [3.05, 3.63) is 30.1 Å². The SMILES string of the molecule is O=C(O)CCS(=O)CCc1ccncc1. The molecule has 82 valence electrons. The van der Waals surface area contributed by atoms with Crippen molar-refractivity contribution in [1.29, 1.82) is 0 Å². The first-order valence-corrected chi connectivity index (χ1v) is 6.13. The molecule has 0 radical (unpaired) electrons. The van der Waals surface area contributed by atoms with E-state index in [4.69, 9.17) is 5.11 Å². The molecule has 0 aliphatic rings. The van der Waals surface area contributed by atoms with E-state index in [-0.39, 0.29) is 12.2 Å². The Kier molecular flexibility index (Phi) is 4.97. The van der Waals surface area contributed by atoms with Crippen molar-refractivity contribution in [2.24, 2.45) is 0 Å². The fourth-order valence-corrected chi connectivity index (χ4v) is 2.15. The van der Waals surface area contributed by atoms with Crippen LogP contribution < -0.4 is 0 Å². The molecule has 4 nitrogen and oxygen atoms in total. The quantitative estimate of drug-likeness (QED) is 0.782. The van der Waals surface area contributed by atoms with Crippen LogP contribution in [0.1, 0.15) is 12.0 Å². The third-order valence-corrected chi connectivity index (χ3v) is 3.23. The summed E-state index contributed by atoms with van der Waals surface area (Å²) in [4.78, 5) is 14.1. The molecule has 0 amide bonds. The van der Waals surface area contributed by atoms with Gasteiger partial charge in [0.05, 0.1) is 6.42 Å². The lowest BCUT2D eigenvalue weighted by Gasteiger charge is -2.00. The van der Waals surface area contributed by atoms with E-state index in [1.807, 2.05) is 12.1 Å². The maximum Gasteiger partial charge on any atom is 0.304 e. The number of hydrogen-bond acceptors (Lipinski definition) is 3. The highest BCUT2D eigenvalue weighted by Gasteiger charge is 2.04. The molecule has 0 bridgehead atoms. The van der Waals surface area contributed by atoms with E-state index in [1.165, 1.54) is 0 Å². The highest BCUT2D eigenvalue weighted by Crippen LogP contribution is 1.99. The smallest absolute Gasteiger partial charge is 0.304 e. The molecule has 1 N–H and O–H groups in total. The predicted octanol–water partition coefficient (Wildman–Crippen LogP) is 0.847. The Bertz CT molecular complexity index is 340. The van der Waals surface area contributed by atoms with Gasteiger partial charge in [0, 0.05) is 34.7 Å². The van der Waals surface area contributed by atoms with Crippen molar-refractivity contribution >= 4 is 16.8 Å². The zero-order chi connectivity index (χ0) is 11.1. The van der Waals surface area contributed by atoms with Gasteiger partial charge >= 0.3 is 5.97 Å². The molecule has 0 aliphatic carbocycles. The summed E-state index contributed by atoms with van der Waals surface area (Å²) < 4.78 is 11.4. The minimum absolute atomic E-state index is 0.0248. The molecule has 1 rings (SSSR count). The Morgan fingerprint density at radius 2 is 2.00 bits per heavy atom. The molecule has 0 saturated heterocycles. The Hall–Kier alpha value is -1.23. The van der Waals surface area contributed by atoms with Crippen molar-refractivity contribution in [2.75, 3.05) is 11.5 Å². The maximum atomic E-state index is 11.4. The first kappa shape index (κ1) is 11.8. The first-order valence-electron chi connectivity index (χ1n) is 4.64. The average Bonchev–Trinajstić information content (AvgIpc) is 2.25. The van der Waals surface area contributed by atoms with E-state index >= 15 is 0 Å². The zero-order valence-electron chi connectivity index (χ0n) is 8.26. The Labute approximate surface area is 90.8 Å². The monoisotopic (exact) mass is 227 g/mol. The summed E-state index contributed by atoms with van der Waals surface area (Å²) in [6.45, 7) is 0. The fraction of sp³-hybridized carbons (Fsp3) is 0.400. The lowest BCUT2D eigenvalue weighted by molar-refractivity contribution is -0.136. The number of hydrogen-bond donors (Lipinski definition) is 1. The van der Waals surface area contributed by atoms with Gasteiger partial charge in [0.15, 0.2) is 0 Å². The number of carbonyl (C=O) groups is 1. The van der Waals surface area contributed by atoms with Crippen LogP contribution in [-0.4, -0.2) is 31.8 Å². The zero-order valence-corrected chi connectivity index (χ0v) is 9.07. The largest absolute Gasteiger partial charge is 0.481 e. The molecular formula is C10H13NO3S. The van der Waals surface area contributed by atoms with E-state index < -0.39 is 16.8 Å². The minimum atomic E-state index is -1.04. The normalized spacial score (nSPS) is 12.3. The van der Waals surface area contributed by atoms with Crippen LogP contribution in [0.15, 0.2) is 24.5 Å². The van der Waals surface area contributed by atoms with Gasteiger partial charge in [-0.15, -0.1) is 0 Å². The molecule has 1 aromatic rings. The van der Waals surface area contributed by atoms with Gasteiger partial charge in [0.25, 0.3) is 0 Å². The summed E-state index contributed by atoms with van der Waals surface area (Å²) in [6, 6.07) is 3.74. The summed E-state index contributed by atoms with van der Waals surface area (Å²) in [5.74, 6) is -0.148. The van der Waals surface area contributed by atoms with Gasteiger partial charge in [-0.1, -0.05) is 0 Å². The van der Waals surface area contributed by atoms with Gasteiger partial charge in [0.1, 0.15) is 0 Å². The number of aryl methyl sites for hydroxylation is 1. The molecule has 1 aromatic heterocycles. The number of aliphatic carboxylic acids is 1. The highest BCUT2D eigenvalue weighted by atomic mass is 32.2. The minimum Gasteiger partial charge on any atom is -0.481 e. The average molecular weight is 227 g/mol. The van der Waals surface area contributed by atoms with E-state index in [2.05, 4.69) is 4.98 Å². The topological polar surface area (TPSA) is 67.3 Å². The van der Waals surface area contributed by atoms with Crippen LogP contribution in [-0.2, 0) is 22.0 Å². The van der Waals surface area contributed by atoms with E-state index in [1.54, 1.807) is 12.4 Å². The van der Waals surface area contributed by atoms with Gasteiger partial charge in [0.2, 0.25) is 0 Å². The summed E-state index contributed by atoms with van der Waals surface area (Å²) in [6.07, 6.45) is 4.06. The van der Waals surface area contributed by atoms with Crippen LogP contribution in [0.5, 0.6) is 0 Å². The van der Waals surface area contributed by atoms with Gasteiger partial charge in [-0.05, 0) is 24.1 Å². The molecule has 1 atom stereocenters. The van der Waals surface area contributed by atoms with Gasteiger partial charge < -0.3 is 5.11 Å². The second-order valence-corrected chi connectivity index (χ2v) is 4.79. The van der Waals surface area contributed by atoms with Crippen molar-refractivity contribution in [2.45, 2.75) is 12.8 Å². The summed E-state index contributed by atoms with van der Waals surface area (Å²) >= 11 is 0.